The van der Waals surface area contributed by atoms with Gasteiger partial charge in [0, 0.05) is 12.1 Å². The monoisotopic (exact) mass is 233 g/mol. The summed E-state index contributed by atoms with van der Waals surface area (Å²) in [7, 11) is -2.74. The van der Waals surface area contributed by atoms with Crippen molar-refractivity contribution in [3.05, 3.63) is 0 Å². The van der Waals surface area contributed by atoms with E-state index >= 15 is 0 Å². The Balaban J connectivity index is 2.30. The lowest BCUT2D eigenvalue weighted by Crippen LogP contribution is -2.38. The van der Waals surface area contributed by atoms with Gasteiger partial charge in [0.1, 0.15) is 0 Å². The van der Waals surface area contributed by atoms with E-state index in [9.17, 15) is 8.42 Å². The molecule has 0 aromatic carbocycles. The lowest BCUT2D eigenvalue weighted by Gasteiger charge is -2.21. The normalized spacial score (nSPS) is 28.9. The zero-order valence-electron chi connectivity index (χ0n) is 9.99. The molecule has 0 aromatic heterocycles. The fourth-order valence-corrected chi connectivity index (χ4v) is 3.85. The van der Waals surface area contributed by atoms with Crippen LogP contribution in [0, 0.1) is 5.92 Å². The maximum Gasteiger partial charge on any atom is 0.151 e. The molecule has 4 heteroatoms. The van der Waals surface area contributed by atoms with Crippen LogP contribution in [0.2, 0.25) is 0 Å². The van der Waals surface area contributed by atoms with Gasteiger partial charge in [-0.05, 0) is 25.7 Å². The van der Waals surface area contributed by atoms with Gasteiger partial charge in [-0.15, -0.1) is 0 Å². The molecule has 0 amide bonds. The number of hydrogen-bond acceptors (Lipinski definition) is 3. The predicted molar refractivity (Wildman–Crippen MR) is 63.7 cm³/mol. The molecule has 1 fully saturated rings. The SMILES string of the molecule is CCC(C)CC(C)NC1CCS(=O)(=O)C1. The standard InChI is InChI=1S/C11H23NO2S/c1-4-9(2)7-10(3)12-11-5-6-15(13,14)8-11/h9-12H,4-8H2,1-3H3. The summed E-state index contributed by atoms with van der Waals surface area (Å²) in [6.45, 7) is 6.58. The van der Waals surface area contributed by atoms with Crippen LogP contribution in [0.1, 0.15) is 40.0 Å². The molecule has 0 aliphatic carbocycles. The van der Waals surface area contributed by atoms with E-state index in [4.69, 9.17) is 0 Å². The molecule has 15 heavy (non-hydrogen) atoms. The van der Waals surface area contributed by atoms with Crippen LogP contribution in [0.15, 0.2) is 0 Å². The summed E-state index contributed by atoms with van der Waals surface area (Å²) in [6.07, 6.45) is 3.11. The molecule has 0 bridgehead atoms. The van der Waals surface area contributed by atoms with E-state index in [1.54, 1.807) is 0 Å². The summed E-state index contributed by atoms with van der Waals surface area (Å²) in [6, 6.07) is 0.618. The van der Waals surface area contributed by atoms with Crippen LogP contribution in [-0.4, -0.2) is 32.0 Å². The van der Waals surface area contributed by atoms with E-state index in [1.165, 1.54) is 6.42 Å². The van der Waals surface area contributed by atoms with Crippen molar-refractivity contribution in [2.45, 2.75) is 52.1 Å². The average Bonchev–Trinajstić information content (AvgIpc) is 2.44. The molecule has 3 atom stereocenters. The minimum atomic E-state index is -2.74. The van der Waals surface area contributed by atoms with Gasteiger partial charge in [-0.3, -0.25) is 0 Å². The summed E-state index contributed by atoms with van der Waals surface area (Å²) >= 11 is 0. The molecule has 3 unspecified atom stereocenters. The van der Waals surface area contributed by atoms with Crippen molar-refractivity contribution < 1.29 is 8.42 Å². The fourth-order valence-electron chi connectivity index (χ4n) is 2.17. The molecule has 1 saturated heterocycles. The first-order chi connectivity index (χ1) is 6.93. The summed E-state index contributed by atoms with van der Waals surface area (Å²) in [5.41, 5.74) is 0. The van der Waals surface area contributed by atoms with E-state index in [1.807, 2.05) is 0 Å². The third kappa shape index (κ3) is 4.51. The Morgan fingerprint density at radius 3 is 2.53 bits per heavy atom. The lowest BCUT2D eigenvalue weighted by atomic mass is 10.00. The number of hydrogen-bond donors (Lipinski definition) is 1. The van der Waals surface area contributed by atoms with Crippen molar-refractivity contribution >= 4 is 9.84 Å². The van der Waals surface area contributed by atoms with Gasteiger partial charge in [0.2, 0.25) is 0 Å². The Bertz CT molecular complexity index is 287. The van der Waals surface area contributed by atoms with Crippen molar-refractivity contribution in [3.63, 3.8) is 0 Å². The second kappa shape index (κ2) is 5.30. The quantitative estimate of drug-likeness (QED) is 0.784. The van der Waals surface area contributed by atoms with Crippen LogP contribution >= 0.6 is 0 Å². The van der Waals surface area contributed by atoms with Gasteiger partial charge in [0.25, 0.3) is 0 Å². The van der Waals surface area contributed by atoms with Crippen LogP contribution in [0.25, 0.3) is 0 Å². The van der Waals surface area contributed by atoms with E-state index in [0.717, 1.165) is 12.8 Å². The molecule has 0 radical (unpaired) electrons. The van der Waals surface area contributed by atoms with Crippen molar-refractivity contribution in [1.82, 2.24) is 5.32 Å². The predicted octanol–water partition coefficient (Wildman–Crippen LogP) is 1.59. The Morgan fingerprint density at radius 1 is 1.40 bits per heavy atom. The molecular formula is C11H23NO2S. The Hall–Kier alpha value is -0.0900. The summed E-state index contributed by atoms with van der Waals surface area (Å²) in [5, 5.41) is 3.42. The van der Waals surface area contributed by atoms with Gasteiger partial charge in [-0.1, -0.05) is 20.3 Å². The Morgan fingerprint density at radius 2 is 2.07 bits per heavy atom. The van der Waals surface area contributed by atoms with Gasteiger partial charge in [0.05, 0.1) is 11.5 Å². The first-order valence-electron chi connectivity index (χ1n) is 5.89. The van der Waals surface area contributed by atoms with Gasteiger partial charge >= 0.3 is 0 Å². The molecule has 1 N–H and O–H groups in total. The first kappa shape index (κ1) is 13.0. The van der Waals surface area contributed by atoms with Crippen molar-refractivity contribution in [2.24, 2.45) is 5.92 Å². The van der Waals surface area contributed by atoms with Gasteiger partial charge in [-0.25, -0.2) is 8.42 Å². The summed E-state index contributed by atoms with van der Waals surface area (Å²) < 4.78 is 22.5. The van der Waals surface area contributed by atoms with Crippen LogP contribution in [-0.2, 0) is 9.84 Å². The minimum absolute atomic E-state index is 0.189. The zero-order chi connectivity index (χ0) is 11.5. The third-order valence-electron chi connectivity index (χ3n) is 3.21. The molecule has 1 aliphatic heterocycles. The van der Waals surface area contributed by atoms with E-state index in [-0.39, 0.29) is 6.04 Å². The topological polar surface area (TPSA) is 46.2 Å². The lowest BCUT2D eigenvalue weighted by molar-refractivity contribution is 0.383. The van der Waals surface area contributed by atoms with Crippen LogP contribution in [0.5, 0.6) is 0 Å². The van der Waals surface area contributed by atoms with Crippen molar-refractivity contribution in [2.75, 3.05) is 11.5 Å². The van der Waals surface area contributed by atoms with Crippen LogP contribution < -0.4 is 5.32 Å². The fraction of sp³-hybridized carbons (Fsp3) is 1.00. The van der Waals surface area contributed by atoms with Gasteiger partial charge in [-0.2, -0.15) is 0 Å². The van der Waals surface area contributed by atoms with E-state index < -0.39 is 9.84 Å². The number of rotatable bonds is 5. The van der Waals surface area contributed by atoms with Crippen molar-refractivity contribution in [1.29, 1.82) is 0 Å². The summed E-state index contributed by atoms with van der Waals surface area (Å²) in [4.78, 5) is 0. The molecule has 90 valence electrons. The minimum Gasteiger partial charge on any atom is -0.310 e. The smallest absolute Gasteiger partial charge is 0.151 e. The second-order valence-electron chi connectivity index (χ2n) is 4.92. The molecule has 1 heterocycles. The molecule has 1 rings (SSSR count). The van der Waals surface area contributed by atoms with Crippen molar-refractivity contribution in [3.8, 4) is 0 Å². The summed E-state index contributed by atoms with van der Waals surface area (Å²) in [5.74, 6) is 1.41. The first-order valence-corrected chi connectivity index (χ1v) is 7.71. The highest BCUT2D eigenvalue weighted by Crippen LogP contribution is 2.15. The number of nitrogens with one attached hydrogen (secondary N) is 1. The average molecular weight is 233 g/mol. The molecule has 0 saturated carbocycles. The number of sulfone groups is 1. The van der Waals surface area contributed by atoms with Crippen LogP contribution in [0.4, 0.5) is 0 Å². The van der Waals surface area contributed by atoms with E-state index in [0.29, 0.717) is 23.5 Å². The largest absolute Gasteiger partial charge is 0.310 e. The molecule has 0 aromatic rings. The maximum absolute atomic E-state index is 11.3. The molecule has 0 spiro atoms. The van der Waals surface area contributed by atoms with E-state index in [2.05, 4.69) is 26.1 Å². The van der Waals surface area contributed by atoms with Crippen LogP contribution in [0.3, 0.4) is 0 Å². The Kier molecular flexibility index (Phi) is 4.59. The molecular weight excluding hydrogens is 210 g/mol. The second-order valence-corrected chi connectivity index (χ2v) is 7.15. The highest BCUT2D eigenvalue weighted by molar-refractivity contribution is 7.91. The molecule has 3 nitrogen and oxygen atoms in total. The zero-order valence-corrected chi connectivity index (χ0v) is 10.8. The van der Waals surface area contributed by atoms with Gasteiger partial charge < -0.3 is 5.32 Å². The highest BCUT2D eigenvalue weighted by Gasteiger charge is 2.28. The highest BCUT2D eigenvalue weighted by atomic mass is 32.2. The molecule has 1 aliphatic rings. The van der Waals surface area contributed by atoms with Gasteiger partial charge in [0.15, 0.2) is 9.84 Å². The maximum atomic E-state index is 11.3. The third-order valence-corrected chi connectivity index (χ3v) is 4.97. The Labute approximate surface area is 93.6 Å².